The minimum Gasteiger partial charge on any atom is -0.480 e. The summed E-state index contributed by atoms with van der Waals surface area (Å²) in [6, 6.07) is 12.7. The number of aliphatic carboxylic acids is 1. The van der Waals surface area contributed by atoms with E-state index < -0.39 is 28.1 Å². The third kappa shape index (κ3) is 6.08. The number of ether oxygens (including phenoxy) is 1. The number of carboxylic acids is 1. The molecule has 0 aliphatic rings. The van der Waals surface area contributed by atoms with Crippen molar-refractivity contribution in [2.24, 2.45) is 0 Å². The van der Waals surface area contributed by atoms with Crippen molar-refractivity contribution in [3.8, 4) is 0 Å². The van der Waals surface area contributed by atoms with Gasteiger partial charge in [0.15, 0.2) is 0 Å². The summed E-state index contributed by atoms with van der Waals surface area (Å²) < 4.78 is 31.9. The maximum Gasteiger partial charge on any atom is 0.411 e. The lowest BCUT2D eigenvalue weighted by Gasteiger charge is -2.15. The molecule has 0 aromatic heterocycles. The van der Waals surface area contributed by atoms with Gasteiger partial charge in [-0.05, 0) is 43.2 Å². The molecule has 1 atom stereocenters. The zero-order valence-electron chi connectivity index (χ0n) is 14.6. The summed E-state index contributed by atoms with van der Waals surface area (Å²) in [7, 11) is -4.05. The summed E-state index contributed by atoms with van der Waals surface area (Å²) in [4.78, 5) is 22.7. The van der Waals surface area contributed by atoms with Crippen molar-refractivity contribution >= 4 is 27.8 Å². The SMILES string of the molecule is CCOC(=O)Nc1ccc(S(=O)(=O)NC(Cc2ccccc2)C(=O)O)cc1. The Hall–Kier alpha value is -2.91. The van der Waals surface area contributed by atoms with Crippen LogP contribution >= 0.6 is 0 Å². The van der Waals surface area contributed by atoms with Gasteiger partial charge in [0.05, 0.1) is 11.5 Å². The van der Waals surface area contributed by atoms with Gasteiger partial charge < -0.3 is 9.84 Å². The highest BCUT2D eigenvalue weighted by Gasteiger charge is 2.25. The molecule has 0 heterocycles. The van der Waals surface area contributed by atoms with E-state index in [4.69, 9.17) is 4.74 Å². The van der Waals surface area contributed by atoms with Crippen molar-refractivity contribution in [1.29, 1.82) is 0 Å². The fraction of sp³-hybridized carbons (Fsp3) is 0.222. The average Bonchev–Trinajstić information content (AvgIpc) is 2.62. The second kappa shape index (κ2) is 9.15. The number of nitrogens with one attached hydrogen (secondary N) is 2. The first-order chi connectivity index (χ1) is 12.8. The molecule has 0 saturated heterocycles. The van der Waals surface area contributed by atoms with Crippen LogP contribution in [0.1, 0.15) is 12.5 Å². The summed E-state index contributed by atoms with van der Waals surface area (Å²) in [6.07, 6.45) is -0.641. The highest BCUT2D eigenvalue weighted by atomic mass is 32.2. The van der Waals surface area contributed by atoms with E-state index in [1.807, 2.05) is 0 Å². The molecule has 0 saturated carbocycles. The van der Waals surface area contributed by atoms with Gasteiger partial charge in [0.1, 0.15) is 6.04 Å². The van der Waals surface area contributed by atoms with Crippen molar-refractivity contribution in [2.45, 2.75) is 24.3 Å². The normalized spacial score (nSPS) is 12.2. The maximum absolute atomic E-state index is 12.5. The van der Waals surface area contributed by atoms with Crippen LogP contribution in [0.5, 0.6) is 0 Å². The van der Waals surface area contributed by atoms with Gasteiger partial charge in [-0.15, -0.1) is 0 Å². The molecule has 27 heavy (non-hydrogen) atoms. The summed E-state index contributed by atoms with van der Waals surface area (Å²) in [5.74, 6) is -1.27. The van der Waals surface area contributed by atoms with Crippen molar-refractivity contribution in [3.05, 3.63) is 60.2 Å². The Morgan fingerprint density at radius 2 is 1.70 bits per heavy atom. The topological polar surface area (TPSA) is 122 Å². The van der Waals surface area contributed by atoms with Crippen LogP contribution in [0.3, 0.4) is 0 Å². The van der Waals surface area contributed by atoms with Crippen LogP contribution in [0, 0.1) is 0 Å². The third-order valence-corrected chi connectivity index (χ3v) is 5.05. The summed E-state index contributed by atoms with van der Waals surface area (Å²) in [5.41, 5.74) is 1.05. The van der Waals surface area contributed by atoms with Crippen molar-refractivity contribution in [2.75, 3.05) is 11.9 Å². The fourth-order valence-electron chi connectivity index (χ4n) is 2.29. The Kier molecular flexibility index (Phi) is 6.91. The first-order valence-corrected chi connectivity index (χ1v) is 9.63. The lowest BCUT2D eigenvalue weighted by molar-refractivity contribution is -0.138. The van der Waals surface area contributed by atoms with Crippen LogP contribution in [-0.2, 0) is 26.0 Å². The van der Waals surface area contributed by atoms with Gasteiger partial charge in [-0.3, -0.25) is 10.1 Å². The Balaban J connectivity index is 2.11. The molecule has 8 nitrogen and oxygen atoms in total. The molecule has 1 amide bonds. The van der Waals surface area contributed by atoms with Crippen LogP contribution in [0.2, 0.25) is 0 Å². The molecule has 1 unspecified atom stereocenters. The molecule has 0 fully saturated rings. The molecule has 0 aliphatic carbocycles. The monoisotopic (exact) mass is 392 g/mol. The number of carbonyl (C=O) groups excluding carboxylic acids is 1. The summed E-state index contributed by atoms with van der Waals surface area (Å²) in [6.45, 7) is 1.87. The highest BCUT2D eigenvalue weighted by Crippen LogP contribution is 2.15. The summed E-state index contributed by atoms with van der Waals surface area (Å²) >= 11 is 0. The second-order valence-corrected chi connectivity index (χ2v) is 7.29. The Labute approximate surface area is 157 Å². The molecule has 0 radical (unpaired) electrons. The van der Waals surface area contributed by atoms with Gasteiger partial charge in [0, 0.05) is 5.69 Å². The zero-order chi connectivity index (χ0) is 19.9. The number of hydrogen-bond acceptors (Lipinski definition) is 5. The van der Waals surface area contributed by atoms with Crippen molar-refractivity contribution in [3.63, 3.8) is 0 Å². The van der Waals surface area contributed by atoms with Gasteiger partial charge in [-0.2, -0.15) is 4.72 Å². The van der Waals surface area contributed by atoms with E-state index in [9.17, 15) is 23.1 Å². The first kappa shape index (κ1) is 20.4. The van der Waals surface area contributed by atoms with Crippen molar-refractivity contribution in [1.82, 2.24) is 4.72 Å². The maximum atomic E-state index is 12.5. The molecule has 2 aromatic rings. The fourth-order valence-corrected chi connectivity index (χ4v) is 3.48. The van der Waals surface area contributed by atoms with Gasteiger partial charge in [0.2, 0.25) is 10.0 Å². The van der Waals surface area contributed by atoms with Gasteiger partial charge in [-0.25, -0.2) is 13.2 Å². The van der Waals surface area contributed by atoms with Crippen LogP contribution in [-0.4, -0.2) is 38.2 Å². The molecule has 9 heteroatoms. The number of anilines is 1. The molecule has 0 spiro atoms. The number of rotatable bonds is 8. The Morgan fingerprint density at radius 1 is 1.07 bits per heavy atom. The lowest BCUT2D eigenvalue weighted by Crippen LogP contribution is -2.42. The molecule has 2 rings (SSSR count). The molecule has 144 valence electrons. The van der Waals surface area contributed by atoms with Gasteiger partial charge >= 0.3 is 12.1 Å². The minimum atomic E-state index is -4.05. The quantitative estimate of drug-likeness (QED) is 0.633. The number of sulfonamides is 1. The Morgan fingerprint density at radius 3 is 2.26 bits per heavy atom. The van der Waals surface area contributed by atoms with Crippen LogP contribution in [0.15, 0.2) is 59.5 Å². The molecular formula is C18H20N2O6S. The second-order valence-electron chi connectivity index (χ2n) is 5.57. The molecule has 0 bridgehead atoms. The van der Waals surface area contributed by atoms with E-state index in [0.29, 0.717) is 11.3 Å². The number of benzene rings is 2. The number of carbonyl (C=O) groups is 2. The van der Waals surface area contributed by atoms with E-state index in [2.05, 4.69) is 10.0 Å². The molecular weight excluding hydrogens is 372 g/mol. The minimum absolute atomic E-state index is 0.0118. The molecule has 2 aromatic carbocycles. The van der Waals surface area contributed by atoms with E-state index in [1.165, 1.54) is 24.3 Å². The average molecular weight is 392 g/mol. The number of hydrogen-bond donors (Lipinski definition) is 3. The highest BCUT2D eigenvalue weighted by molar-refractivity contribution is 7.89. The number of amides is 1. The predicted molar refractivity (Wildman–Crippen MR) is 99.0 cm³/mol. The van der Waals surface area contributed by atoms with E-state index in [1.54, 1.807) is 37.3 Å². The molecule has 3 N–H and O–H groups in total. The predicted octanol–water partition coefficient (Wildman–Crippen LogP) is 2.23. The van der Waals surface area contributed by atoms with E-state index in [-0.39, 0.29) is 17.9 Å². The summed E-state index contributed by atoms with van der Waals surface area (Å²) in [5, 5.41) is 11.8. The van der Waals surface area contributed by atoms with Gasteiger partial charge in [0.25, 0.3) is 0 Å². The van der Waals surface area contributed by atoms with E-state index in [0.717, 1.165) is 0 Å². The molecule has 0 aliphatic heterocycles. The zero-order valence-corrected chi connectivity index (χ0v) is 15.4. The largest absolute Gasteiger partial charge is 0.480 e. The van der Waals surface area contributed by atoms with Crippen LogP contribution in [0.4, 0.5) is 10.5 Å². The van der Waals surface area contributed by atoms with E-state index >= 15 is 0 Å². The van der Waals surface area contributed by atoms with Crippen molar-refractivity contribution < 1.29 is 27.9 Å². The lowest BCUT2D eigenvalue weighted by atomic mass is 10.1. The van der Waals surface area contributed by atoms with Crippen LogP contribution < -0.4 is 10.0 Å². The smallest absolute Gasteiger partial charge is 0.411 e. The van der Waals surface area contributed by atoms with Crippen LogP contribution in [0.25, 0.3) is 0 Å². The number of carboxylic acid groups (broad SMARTS) is 1. The third-order valence-electron chi connectivity index (χ3n) is 3.56. The Bertz CT molecular complexity index is 882. The first-order valence-electron chi connectivity index (χ1n) is 8.14. The standard InChI is InChI=1S/C18H20N2O6S/c1-2-26-18(23)19-14-8-10-15(11-9-14)27(24,25)20-16(17(21)22)12-13-6-4-3-5-7-13/h3-11,16,20H,2,12H2,1H3,(H,19,23)(H,21,22). The van der Waals surface area contributed by atoms with Gasteiger partial charge in [-0.1, -0.05) is 30.3 Å².